The summed E-state index contributed by atoms with van der Waals surface area (Å²) in [6, 6.07) is 7.25. The molecule has 2 atom stereocenters. The minimum absolute atomic E-state index is 0.0713. The second kappa shape index (κ2) is 5.25. The van der Waals surface area contributed by atoms with Crippen LogP contribution in [-0.4, -0.2) is 28.9 Å². The third kappa shape index (κ3) is 2.54. The van der Waals surface area contributed by atoms with E-state index in [-0.39, 0.29) is 11.9 Å². The highest BCUT2D eigenvalue weighted by Gasteiger charge is 2.43. The molecule has 1 aliphatic rings. The molecule has 0 radical (unpaired) electrons. The number of nitrogens with zero attached hydrogens (tertiary/aromatic N) is 1. The highest BCUT2D eigenvalue weighted by Crippen LogP contribution is 2.26. The molecule has 1 aromatic carbocycles. The van der Waals surface area contributed by atoms with Crippen molar-refractivity contribution in [2.24, 2.45) is 10.9 Å². The molecule has 0 aliphatic carbocycles. The standard InChI is InChI=1S/C15H20N2O3/c1-9(2)15(4)13(19)16-14(17-15)20-12(18)11-8-6-5-7-10(11)3/h5-9,13,19H,1-4H3,(H,16,17). The number of carbonyl (C=O) groups excluding carboxylic acids is 1. The topological polar surface area (TPSA) is 70.9 Å². The first kappa shape index (κ1) is 14.5. The van der Waals surface area contributed by atoms with Crippen molar-refractivity contribution in [1.29, 1.82) is 0 Å². The quantitative estimate of drug-likeness (QED) is 0.809. The predicted molar refractivity (Wildman–Crippen MR) is 76.4 cm³/mol. The number of aliphatic imine (C=N–C) groups is 1. The Morgan fingerprint density at radius 3 is 2.65 bits per heavy atom. The van der Waals surface area contributed by atoms with Gasteiger partial charge in [0.05, 0.1) is 11.1 Å². The summed E-state index contributed by atoms with van der Waals surface area (Å²) >= 11 is 0. The number of ether oxygens (including phenoxy) is 1. The lowest BCUT2D eigenvalue weighted by atomic mass is 9.88. The van der Waals surface area contributed by atoms with Crippen molar-refractivity contribution in [3.63, 3.8) is 0 Å². The Labute approximate surface area is 118 Å². The second-order valence-electron chi connectivity index (χ2n) is 5.57. The van der Waals surface area contributed by atoms with Crippen molar-refractivity contribution >= 4 is 12.0 Å². The molecular formula is C15H20N2O3. The van der Waals surface area contributed by atoms with Crippen LogP contribution in [0.3, 0.4) is 0 Å². The third-order valence-electron chi connectivity index (χ3n) is 3.91. The Hall–Kier alpha value is -1.88. The molecule has 5 nitrogen and oxygen atoms in total. The molecule has 0 amide bonds. The Kier molecular flexibility index (Phi) is 3.81. The predicted octanol–water partition coefficient (Wildman–Crippen LogP) is 1.84. The number of aryl methyl sites for hydroxylation is 1. The highest BCUT2D eigenvalue weighted by atomic mass is 16.6. The third-order valence-corrected chi connectivity index (χ3v) is 3.91. The van der Waals surface area contributed by atoms with Gasteiger partial charge in [0.2, 0.25) is 0 Å². The number of carbonyl (C=O) groups is 1. The van der Waals surface area contributed by atoms with Crippen molar-refractivity contribution in [3.05, 3.63) is 35.4 Å². The molecule has 5 heteroatoms. The Bertz CT molecular complexity index is 554. The zero-order chi connectivity index (χ0) is 14.9. The summed E-state index contributed by atoms with van der Waals surface area (Å²) in [4.78, 5) is 16.1. The number of aliphatic hydroxyl groups is 1. The van der Waals surface area contributed by atoms with Gasteiger partial charge in [0.15, 0.2) is 6.23 Å². The van der Waals surface area contributed by atoms with Gasteiger partial charge in [-0.05, 0) is 31.4 Å². The van der Waals surface area contributed by atoms with Gasteiger partial charge in [0.1, 0.15) is 0 Å². The van der Waals surface area contributed by atoms with E-state index < -0.39 is 17.7 Å². The van der Waals surface area contributed by atoms with E-state index in [0.29, 0.717) is 5.56 Å². The smallest absolute Gasteiger partial charge is 0.346 e. The number of esters is 1. The van der Waals surface area contributed by atoms with Crippen LogP contribution >= 0.6 is 0 Å². The summed E-state index contributed by atoms with van der Waals surface area (Å²) in [5.74, 6) is -0.342. The lowest BCUT2D eigenvalue weighted by Crippen LogP contribution is -2.52. The zero-order valence-electron chi connectivity index (χ0n) is 12.2. The number of aliphatic hydroxyl groups excluding tert-OH is 1. The summed E-state index contributed by atoms with van der Waals surface area (Å²) in [5.41, 5.74) is 0.703. The fourth-order valence-electron chi connectivity index (χ4n) is 2.01. The number of hydrogen-bond donors (Lipinski definition) is 2. The normalized spacial score (nSPS) is 25.3. The van der Waals surface area contributed by atoms with E-state index >= 15 is 0 Å². The van der Waals surface area contributed by atoms with Crippen molar-refractivity contribution < 1.29 is 14.6 Å². The molecule has 2 rings (SSSR count). The summed E-state index contributed by atoms with van der Waals surface area (Å²) in [7, 11) is 0. The molecule has 0 bridgehead atoms. The minimum Gasteiger partial charge on any atom is -0.389 e. The largest absolute Gasteiger partial charge is 0.389 e. The summed E-state index contributed by atoms with van der Waals surface area (Å²) in [6.07, 6.45) is -0.929. The molecule has 1 aromatic rings. The fraction of sp³-hybridized carbons (Fsp3) is 0.467. The average molecular weight is 276 g/mol. The molecule has 0 fully saturated rings. The lowest BCUT2D eigenvalue weighted by Gasteiger charge is -2.31. The SMILES string of the molecule is Cc1ccccc1C(=O)OC1=NC(O)C(C)(C(C)C)N1. The maximum absolute atomic E-state index is 12.1. The van der Waals surface area contributed by atoms with E-state index in [1.165, 1.54) is 0 Å². The van der Waals surface area contributed by atoms with Crippen LogP contribution in [-0.2, 0) is 4.74 Å². The Balaban J connectivity index is 2.11. The zero-order valence-corrected chi connectivity index (χ0v) is 12.2. The van der Waals surface area contributed by atoms with Gasteiger partial charge in [-0.25, -0.2) is 9.79 Å². The monoisotopic (exact) mass is 276 g/mol. The van der Waals surface area contributed by atoms with Crippen LogP contribution in [0.5, 0.6) is 0 Å². The summed E-state index contributed by atoms with van der Waals surface area (Å²) in [5, 5.41) is 13.0. The van der Waals surface area contributed by atoms with Gasteiger partial charge >= 0.3 is 5.97 Å². The van der Waals surface area contributed by atoms with Crippen LogP contribution in [0.25, 0.3) is 0 Å². The van der Waals surface area contributed by atoms with E-state index in [9.17, 15) is 9.90 Å². The van der Waals surface area contributed by atoms with E-state index in [0.717, 1.165) is 5.56 Å². The van der Waals surface area contributed by atoms with E-state index in [4.69, 9.17) is 4.74 Å². The number of hydrogen-bond acceptors (Lipinski definition) is 5. The van der Waals surface area contributed by atoms with Crippen molar-refractivity contribution in [3.8, 4) is 0 Å². The van der Waals surface area contributed by atoms with Crippen LogP contribution in [0.1, 0.15) is 36.7 Å². The lowest BCUT2D eigenvalue weighted by molar-refractivity contribution is 0.0682. The molecule has 0 saturated heterocycles. The number of benzene rings is 1. The number of amidine groups is 1. The van der Waals surface area contributed by atoms with Gasteiger partial charge in [-0.2, -0.15) is 0 Å². The van der Waals surface area contributed by atoms with Gasteiger partial charge < -0.3 is 15.2 Å². The van der Waals surface area contributed by atoms with Crippen LogP contribution < -0.4 is 5.32 Å². The molecule has 1 aliphatic heterocycles. The minimum atomic E-state index is -0.929. The molecule has 20 heavy (non-hydrogen) atoms. The number of rotatable bonds is 2. The van der Waals surface area contributed by atoms with Crippen LogP contribution in [0.15, 0.2) is 29.3 Å². The van der Waals surface area contributed by atoms with Gasteiger partial charge in [-0.3, -0.25) is 0 Å². The molecular weight excluding hydrogens is 256 g/mol. The van der Waals surface area contributed by atoms with Gasteiger partial charge in [0.25, 0.3) is 6.02 Å². The van der Waals surface area contributed by atoms with Crippen molar-refractivity contribution in [1.82, 2.24) is 5.32 Å². The summed E-state index contributed by atoms with van der Waals surface area (Å²) in [6.45, 7) is 7.63. The fourth-order valence-corrected chi connectivity index (χ4v) is 2.01. The molecule has 108 valence electrons. The Morgan fingerprint density at radius 1 is 1.45 bits per heavy atom. The van der Waals surface area contributed by atoms with Gasteiger partial charge in [-0.1, -0.05) is 32.0 Å². The highest BCUT2D eigenvalue weighted by molar-refractivity contribution is 5.99. The maximum Gasteiger partial charge on any atom is 0.346 e. The first-order valence-corrected chi connectivity index (χ1v) is 6.66. The first-order valence-electron chi connectivity index (χ1n) is 6.66. The average Bonchev–Trinajstić information content (AvgIpc) is 2.66. The van der Waals surface area contributed by atoms with Crippen LogP contribution in [0, 0.1) is 12.8 Å². The van der Waals surface area contributed by atoms with Crippen LogP contribution in [0.2, 0.25) is 0 Å². The van der Waals surface area contributed by atoms with E-state index in [2.05, 4.69) is 10.3 Å². The van der Waals surface area contributed by atoms with E-state index in [1.807, 2.05) is 39.8 Å². The summed E-state index contributed by atoms with van der Waals surface area (Å²) < 4.78 is 5.23. The van der Waals surface area contributed by atoms with Crippen molar-refractivity contribution in [2.75, 3.05) is 0 Å². The second-order valence-corrected chi connectivity index (χ2v) is 5.57. The molecule has 0 aromatic heterocycles. The molecule has 2 N–H and O–H groups in total. The molecule has 2 unspecified atom stereocenters. The maximum atomic E-state index is 12.1. The van der Waals surface area contributed by atoms with Gasteiger partial charge in [-0.15, -0.1) is 0 Å². The van der Waals surface area contributed by atoms with Crippen LogP contribution in [0.4, 0.5) is 0 Å². The van der Waals surface area contributed by atoms with Gasteiger partial charge in [0, 0.05) is 0 Å². The van der Waals surface area contributed by atoms with E-state index in [1.54, 1.807) is 12.1 Å². The molecule has 0 saturated carbocycles. The molecule has 1 heterocycles. The first-order chi connectivity index (χ1) is 9.34. The number of nitrogens with one attached hydrogen (secondary N) is 1. The molecule has 0 spiro atoms. The Morgan fingerprint density at radius 2 is 2.10 bits per heavy atom. The van der Waals surface area contributed by atoms with Crippen molar-refractivity contribution in [2.45, 2.75) is 39.5 Å².